The summed E-state index contributed by atoms with van der Waals surface area (Å²) in [5.74, 6) is -0.425. The van der Waals surface area contributed by atoms with Gasteiger partial charge in [-0.05, 0) is 54.7 Å². The average molecular weight is 435 g/mol. The predicted molar refractivity (Wildman–Crippen MR) is 127 cm³/mol. The van der Waals surface area contributed by atoms with Crippen molar-refractivity contribution in [1.82, 2.24) is 5.32 Å². The number of carbonyl (C=O) groups is 2. The SMILES string of the molecule is O=C(O)[C@H](CCC1CCCCC1)N[C@H]1C(=O)Nc2ccccc2CC1Cc1ccccc1. The number of benzene rings is 2. The lowest BCUT2D eigenvalue weighted by atomic mass is 9.84. The van der Waals surface area contributed by atoms with E-state index in [4.69, 9.17) is 0 Å². The third-order valence-corrected chi connectivity index (χ3v) is 7.12. The maximum atomic E-state index is 13.3. The maximum Gasteiger partial charge on any atom is 0.320 e. The van der Waals surface area contributed by atoms with Crippen LogP contribution in [0.2, 0.25) is 0 Å². The van der Waals surface area contributed by atoms with E-state index in [0.29, 0.717) is 12.3 Å². The Bertz CT molecular complexity index is 908. The molecule has 4 rings (SSSR count). The molecule has 5 nitrogen and oxygen atoms in total. The zero-order chi connectivity index (χ0) is 22.3. The van der Waals surface area contributed by atoms with Crippen LogP contribution in [-0.2, 0) is 22.4 Å². The van der Waals surface area contributed by atoms with Crippen molar-refractivity contribution >= 4 is 17.6 Å². The smallest absolute Gasteiger partial charge is 0.320 e. The van der Waals surface area contributed by atoms with Crippen molar-refractivity contribution in [2.24, 2.45) is 11.8 Å². The molecule has 1 aliphatic heterocycles. The van der Waals surface area contributed by atoms with Gasteiger partial charge in [0.25, 0.3) is 0 Å². The van der Waals surface area contributed by atoms with Crippen molar-refractivity contribution in [2.75, 3.05) is 5.32 Å². The van der Waals surface area contributed by atoms with Gasteiger partial charge in [0.2, 0.25) is 5.91 Å². The van der Waals surface area contributed by atoms with Crippen molar-refractivity contribution in [3.8, 4) is 0 Å². The largest absolute Gasteiger partial charge is 0.480 e. The second-order valence-corrected chi connectivity index (χ2v) is 9.42. The number of hydrogen-bond donors (Lipinski definition) is 3. The summed E-state index contributed by atoms with van der Waals surface area (Å²) >= 11 is 0. The van der Waals surface area contributed by atoms with Crippen LogP contribution in [0.5, 0.6) is 0 Å². The van der Waals surface area contributed by atoms with Gasteiger partial charge in [-0.3, -0.25) is 14.9 Å². The minimum Gasteiger partial charge on any atom is -0.480 e. The molecule has 170 valence electrons. The van der Waals surface area contributed by atoms with Crippen LogP contribution in [-0.4, -0.2) is 29.1 Å². The van der Waals surface area contributed by atoms with Crippen LogP contribution in [0.4, 0.5) is 5.69 Å². The lowest BCUT2D eigenvalue weighted by molar-refractivity contribution is -0.140. The quantitative estimate of drug-likeness (QED) is 0.557. The fourth-order valence-corrected chi connectivity index (χ4v) is 5.34. The number of aliphatic carboxylic acids is 1. The van der Waals surface area contributed by atoms with E-state index in [9.17, 15) is 14.7 Å². The number of para-hydroxylation sites is 1. The molecule has 1 fully saturated rings. The minimum atomic E-state index is -0.867. The van der Waals surface area contributed by atoms with Crippen LogP contribution in [0.1, 0.15) is 56.1 Å². The first-order valence-electron chi connectivity index (χ1n) is 12.0. The van der Waals surface area contributed by atoms with Crippen LogP contribution in [0, 0.1) is 11.8 Å². The second kappa shape index (κ2) is 10.8. The van der Waals surface area contributed by atoms with Crippen LogP contribution in [0.15, 0.2) is 54.6 Å². The highest BCUT2D eigenvalue weighted by Gasteiger charge is 2.35. The zero-order valence-corrected chi connectivity index (χ0v) is 18.6. The highest BCUT2D eigenvalue weighted by molar-refractivity contribution is 5.97. The van der Waals surface area contributed by atoms with Crippen molar-refractivity contribution < 1.29 is 14.7 Å². The number of amides is 1. The zero-order valence-electron chi connectivity index (χ0n) is 18.6. The molecule has 32 heavy (non-hydrogen) atoms. The van der Waals surface area contributed by atoms with Gasteiger partial charge in [0.15, 0.2) is 0 Å². The van der Waals surface area contributed by atoms with Crippen molar-refractivity contribution in [2.45, 2.75) is 69.9 Å². The standard InChI is InChI=1S/C27H34N2O3/c30-26-25(28-24(27(31)32)16-15-19-9-3-1-4-10-19)22(17-20-11-5-2-6-12-20)18-21-13-7-8-14-23(21)29-26/h2,5-8,11-14,19,22,24-25,28H,1,3-4,9-10,15-18H2,(H,29,30)(H,31,32)/t22?,24-,25+/m0/s1. The first kappa shape index (κ1) is 22.5. The van der Waals surface area contributed by atoms with E-state index in [1.165, 1.54) is 32.1 Å². The molecule has 0 bridgehead atoms. The molecule has 2 aliphatic rings. The van der Waals surface area contributed by atoms with Gasteiger partial charge in [-0.25, -0.2) is 0 Å². The van der Waals surface area contributed by atoms with Gasteiger partial charge in [-0.2, -0.15) is 0 Å². The fraction of sp³-hybridized carbons (Fsp3) is 0.481. The molecule has 2 aromatic carbocycles. The molecule has 1 heterocycles. The summed E-state index contributed by atoms with van der Waals surface area (Å²) in [6.45, 7) is 0. The number of nitrogens with one attached hydrogen (secondary N) is 2. The van der Waals surface area contributed by atoms with Gasteiger partial charge in [0.05, 0.1) is 6.04 Å². The summed E-state index contributed by atoms with van der Waals surface area (Å²) in [4.78, 5) is 25.4. The third kappa shape index (κ3) is 5.77. The number of hydrogen-bond acceptors (Lipinski definition) is 3. The van der Waals surface area contributed by atoms with E-state index in [0.717, 1.165) is 36.1 Å². The van der Waals surface area contributed by atoms with Gasteiger partial charge < -0.3 is 10.4 Å². The summed E-state index contributed by atoms with van der Waals surface area (Å²) in [7, 11) is 0. The molecule has 1 amide bonds. The fourth-order valence-electron chi connectivity index (χ4n) is 5.34. The van der Waals surface area contributed by atoms with Crippen LogP contribution in [0.25, 0.3) is 0 Å². The number of carboxylic acids is 1. The summed E-state index contributed by atoms with van der Waals surface area (Å²) < 4.78 is 0. The first-order chi connectivity index (χ1) is 15.6. The number of carboxylic acid groups (broad SMARTS) is 1. The van der Waals surface area contributed by atoms with Gasteiger partial charge in [0, 0.05) is 5.69 Å². The van der Waals surface area contributed by atoms with Crippen molar-refractivity contribution in [3.63, 3.8) is 0 Å². The number of anilines is 1. The Hall–Kier alpha value is -2.66. The molecule has 0 aromatic heterocycles. The average Bonchev–Trinajstić information content (AvgIpc) is 2.93. The van der Waals surface area contributed by atoms with E-state index in [2.05, 4.69) is 22.8 Å². The van der Waals surface area contributed by atoms with E-state index >= 15 is 0 Å². The Morgan fingerprint density at radius 2 is 1.75 bits per heavy atom. The van der Waals surface area contributed by atoms with E-state index in [1.54, 1.807) is 0 Å². The summed E-state index contributed by atoms with van der Waals surface area (Å²) in [5, 5.41) is 16.3. The summed E-state index contributed by atoms with van der Waals surface area (Å²) in [5.41, 5.74) is 3.08. The lowest BCUT2D eigenvalue weighted by Crippen LogP contribution is -2.52. The predicted octanol–water partition coefficient (Wildman–Crippen LogP) is 4.81. The first-order valence-corrected chi connectivity index (χ1v) is 12.0. The Labute approximate surface area is 190 Å². The Balaban J connectivity index is 1.53. The van der Waals surface area contributed by atoms with Crippen LogP contribution in [0.3, 0.4) is 0 Å². The molecule has 0 spiro atoms. The van der Waals surface area contributed by atoms with Crippen molar-refractivity contribution in [3.05, 3.63) is 65.7 Å². The molecule has 5 heteroatoms. The molecule has 0 radical (unpaired) electrons. The van der Waals surface area contributed by atoms with Gasteiger partial charge in [-0.15, -0.1) is 0 Å². The molecule has 1 saturated carbocycles. The topological polar surface area (TPSA) is 78.4 Å². The van der Waals surface area contributed by atoms with E-state index < -0.39 is 18.1 Å². The molecule has 1 aliphatic carbocycles. The highest BCUT2D eigenvalue weighted by Crippen LogP contribution is 2.30. The lowest BCUT2D eigenvalue weighted by Gasteiger charge is -2.29. The third-order valence-electron chi connectivity index (χ3n) is 7.12. The number of carbonyl (C=O) groups excluding carboxylic acids is 1. The maximum absolute atomic E-state index is 13.3. The van der Waals surface area contributed by atoms with Crippen LogP contribution >= 0.6 is 0 Å². The molecule has 3 atom stereocenters. The molecule has 1 unspecified atom stereocenters. The van der Waals surface area contributed by atoms with Crippen LogP contribution < -0.4 is 10.6 Å². The second-order valence-electron chi connectivity index (χ2n) is 9.42. The highest BCUT2D eigenvalue weighted by atomic mass is 16.4. The molecule has 3 N–H and O–H groups in total. The van der Waals surface area contributed by atoms with Gasteiger partial charge in [-0.1, -0.05) is 80.6 Å². The minimum absolute atomic E-state index is 0.0300. The van der Waals surface area contributed by atoms with Crippen molar-refractivity contribution in [1.29, 1.82) is 0 Å². The van der Waals surface area contributed by atoms with Gasteiger partial charge in [0.1, 0.15) is 6.04 Å². The van der Waals surface area contributed by atoms with Gasteiger partial charge >= 0.3 is 5.97 Å². The monoisotopic (exact) mass is 434 g/mol. The van der Waals surface area contributed by atoms with E-state index in [1.807, 2.05) is 42.5 Å². The Morgan fingerprint density at radius 1 is 1.03 bits per heavy atom. The summed E-state index contributed by atoms with van der Waals surface area (Å²) in [6, 6.07) is 16.8. The number of fused-ring (bicyclic) bond motifs is 1. The Morgan fingerprint density at radius 3 is 2.50 bits per heavy atom. The molecule has 0 saturated heterocycles. The molecule has 2 aromatic rings. The summed E-state index contributed by atoms with van der Waals surface area (Å²) in [6.07, 6.45) is 9.09. The molecular weight excluding hydrogens is 400 g/mol. The Kier molecular flexibility index (Phi) is 7.59. The normalized spacial score (nSPS) is 22.4. The van der Waals surface area contributed by atoms with E-state index in [-0.39, 0.29) is 11.8 Å². The molecular formula is C27H34N2O3. The number of rotatable bonds is 8.